The second kappa shape index (κ2) is 6.89. The maximum atomic E-state index is 11.9. The minimum absolute atomic E-state index is 0.0820. The highest BCUT2D eigenvalue weighted by molar-refractivity contribution is 9.10. The van der Waals surface area contributed by atoms with E-state index in [0.29, 0.717) is 5.89 Å². The van der Waals surface area contributed by atoms with Crippen LogP contribution in [0.4, 0.5) is 0 Å². The predicted octanol–water partition coefficient (Wildman–Crippen LogP) is 3.90. The van der Waals surface area contributed by atoms with Gasteiger partial charge in [-0.25, -0.2) is 9.78 Å². The van der Waals surface area contributed by atoms with Crippen molar-refractivity contribution in [3.63, 3.8) is 0 Å². The van der Waals surface area contributed by atoms with Gasteiger partial charge < -0.3 is 9.15 Å². The Bertz CT molecular complexity index is 836. The first-order valence-corrected chi connectivity index (χ1v) is 7.66. The maximum absolute atomic E-state index is 11.9. The smallest absolute Gasteiger partial charge is 0.341 e. The first kappa shape index (κ1) is 15.6. The van der Waals surface area contributed by atoms with Gasteiger partial charge in [0, 0.05) is 16.2 Å². The summed E-state index contributed by atoms with van der Waals surface area (Å²) in [5.74, 6) is -0.0641. The van der Waals surface area contributed by atoms with Crippen molar-refractivity contribution in [1.29, 1.82) is 0 Å². The van der Waals surface area contributed by atoms with Crippen molar-refractivity contribution in [3.8, 4) is 11.5 Å². The number of aromatic nitrogens is 3. The second-order valence-corrected chi connectivity index (χ2v) is 5.70. The van der Waals surface area contributed by atoms with Crippen LogP contribution in [0.2, 0.25) is 5.15 Å². The lowest BCUT2D eigenvalue weighted by Crippen LogP contribution is -2.06. The molecule has 3 aromatic rings. The first-order chi connectivity index (χ1) is 11.1. The Morgan fingerprint density at radius 3 is 2.74 bits per heavy atom. The number of rotatable bonds is 4. The van der Waals surface area contributed by atoms with Crippen molar-refractivity contribution in [1.82, 2.24) is 15.2 Å². The molecule has 0 radical (unpaired) electrons. The fourth-order valence-electron chi connectivity index (χ4n) is 1.76. The van der Waals surface area contributed by atoms with Crippen LogP contribution in [0.3, 0.4) is 0 Å². The Kier molecular flexibility index (Phi) is 4.68. The van der Waals surface area contributed by atoms with Crippen LogP contribution in [0.5, 0.6) is 0 Å². The Morgan fingerprint density at radius 2 is 2.00 bits per heavy atom. The molecule has 2 heterocycles. The number of esters is 1. The van der Waals surface area contributed by atoms with Gasteiger partial charge in [0.25, 0.3) is 5.89 Å². The van der Waals surface area contributed by atoms with Gasteiger partial charge in [-0.05, 0) is 36.4 Å². The fraction of sp³-hybridized carbons (Fsp3) is 0.0667. The number of pyridine rings is 1. The first-order valence-electron chi connectivity index (χ1n) is 6.49. The summed E-state index contributed by atoms with van der Waals surface area (Å²) in [4.78, 5) is 15.7. The van der Waals surface area contributed by atoms with E-state index in [1.165, 1.54) is 12.3 Å². The Morgan fingerprint density at radius 1 is 1.22 bits per heavy atom. The Hall–Kier alpha value is -2.25. The van der Waals surface area contributed by atoms with Gasteiger partial charge in [-0.2, -0.15) is 0 Å². The third kappa shape index (κ3) is 3.75. The summed E-state index contributed by atoms with van der Waals surface area (Å²) in [6.45, 7) is -0.145. The summed E-state index contributed by atoms with van der Waals surface area (Å²) < 4.78 is 11.5. The largest absolute Gasteiger partial charge is 0.452 e. The van der Waals surface area contributed by atoms with E-state index in [2.05, 4.69) is 31.1 Å². The summed E-state index contributed by atoms with van der Waals surface area (Å²) in [6.07, 6.45) is 1.49. The van der Waals surface area contributed by atoms with Crippen LogP contribution in [0, 0.1) is 0 Å². The molecule has 0 amide bonds. The number of ether oxygens (including phenoxy) is 1. The van der Waals surface area contributed by atoms with Crippen LogP contribution in [-0.2, 0) is 11.3 Å². The van der Waals surface area contributed by atoms with E-state index < -0.39 is 5.97 Å². The van der Waals surface area contributed by atoms with Gasteiger partial charge in [0.1, 0.15) is 5.15 Å². The lowest BCUT2D eigenvalue weighted by molar-refractivity contribution is 0.0438. The lowest BCUT2D eigenvalue weighted by atomic mass is 10.2. The van der Waals surface area contributed by atoms with Crippen LogP contribution < -0.4 is 0 Å². The molecule has 0 aliphatic rings. The van der Waals surface area contributed by atoms with Crippen LogP contribution in [0.1, 0.15) is 16.2 Å². The molecule has 0 spiro atoms. The van der Waals surface area contributed by atoms with Crippen LogP contribution in [0.25, 0.3) is 11.5 Å². The molecule has 0 saturated heterocycles. The molecular weight excluding hydrogens is 386 g/mol. The average molecular weight is 395 g/mol. The average Bonchev–Trinajstić information content (AvgIpc) is 3.03. The molecular formula is C15H9BrClN3O3. The van der Waals surface area contributed by atoms with E-state index in [4.69, 9.17) is 20.8 Å². The molecule has 3 rings (SSSR count). The van der Waals surface area contributed by atoms with Gasteiger partial charge in [-0.1, -0.05) is 27.5 Å². The summed E-state index contributed by atoms with van der Waals surface area (Å²) in [7, 11) is 0. The fourth-order valence-corrected chi connectivity index (χ4v) is 2.23. The number of hydrogen-bond acceptors (Lipinski definition) is 6. The van der Waals surface area contributed by atoms with Crippen molar-refractivity contribution >= 4 is 33.5 Å². The zero-order valence-corrected chi connectivity index (χ0v) is 13.9. The van der Waals surface area contributed by atoms with E-state index in [1.54, 1.807) is 6.07 Å². The number of carbonyl (C=O) groups excluding carboxylic acids is 1. The molecule has 0 aliphatic heterocycles. The molecule has 0 fully saturated rings. The number of halogens is 2. The molecule has 0 saturated carbocycles. The number of nitrogens with zero attached hydrogens (tertiary/aromatic N) is 3. The van der Waals surface area contributed by atoms with Gasteiger partial charge >= 0.3 is 5.97 Å². The molecule has 2 aromatic heterocycles. The molecule has 0 N–H and O–H groups in total. The molecule has 0 atom stereocenters. The molecule has 0 bridgehead atoms. The SMILES string of the molecule is O=C(OCc1nnc(-c2ccc(Br)cc2)o1)c1cccnc1Cl. The topological polar surface area (TPSA) is 78.1 Å². The molecule has 116 valence electrons. The summed E-state index contributed by atoms with van der Waals surface area (Å²) in [6, 6.07) is 10.5. The number of hydrogen-bond donors (Lipinski definition) is 0. The highest BCUT2D eigenvalue weighted by atomic mass is 79.9. The van der Waals surface area contributed by atoms with Gasteiger partial charge in [-0.3, -0.25) is 0 Å². The third-order valence-corrected chi connectivity index (χ3v) is 3.69. The predicted molar refractivity (Wildman–Crippen MR) is 85.8 cm³/mol. The zero-order chi connectivity index (χ0) is 16.2. The van der Waals surface area contributed by atoms with Crippen molar-refractivity contribution in [2.75, 3.05) is 0 Å². The minimum Gasteiger partial charge on any atom is -0.452 e. The van der Waals surface area contributed by atoms with E-state index in [9.17, 15) is 4.79 Å². The summed E-state index contributed by atoms with van der Waals surface area (Å²) in [5, 5.41) is 7.85. The van der Waals surface area contributed by atoms with E-state index in [1.807, 2.05) is 24.3 Å². The maximum Gasteiger partial charge on any atom is 0.341 e. The van der Waals surface area contributed by atoms with Gasteiger partial charge in [0.2, 0.25) is 5.89 Å². The number of benzene rings is 1. The van der Waals surface area contributed by atoms with Crippen molar-refractivity contribution in [2.24, 2.45) is 0 Å². The van der Waals surface area contributed by atoms with Crippen molar-refractivity contribution in [2.45, 2.75) is 6.61 Å². The monoisotopic (exact) mass is 393 g/mol. The summed E-state index contributed by atoms with van der Waals surface area (Å²) in [5.41, 5.74) is 0.954. The highest BCUT2D eigenvalue weighted by Crippen LogP contribution is 2.21. The van der Waals surface area contributed by atoms with Crippen LogP contribution in [0.15, 0.2) is 51.5 Å². The van der Waals surface area contributed by atoms with Crippen molar-refractivity contribution in [3.05, 3.63) is 63.7 Å². The Balaban J connectivity index is 1.67. The van der Waals surface area contributed by atoms with Gasteiger partial charge in [-0.15, -0.1) is 10.2 Å². The van der Waals surface area contributed by atoms with Crippen LogP contribution >= 0.6 is 27.5 Å². The van der Waals surface area contributed by atoms with Gasteiger partial charge in [0.05, 0.1) is 5.56 Å². The molecule has 0 aliphatic carbocycles. The normalized spacial score (nSPS) is 10.5. The standard InChI is InChI=1S/C15H9BrClN3O3/c16-10-5-3-9(4-6-10)14-20-19-12(23-14)8-22-15(21)11-2-1-7-18-13(11)17/h1-7H,8H2. The van der Waals surface area contributed by atoms with Gasteiger partial charge in [0.15, 0.2) is 6.61 Å². The second-order valence-electron chi connectivity index (χ2n) is 4.43. The van der Waals surface area contributed by atoms with Crippen molar-refractivity contribution < 1.29 is 13.9 Å². The molecule has 6 nitrogen and oxygen atoms in total. The molecule has 23 heavy (non-hydrogen) atoms. The minimum atomic E-state index is -0.605. The van der Waals surface area contributed by atoms with Crippen LogP contribution in [-0.4, -0.2) is 21.2 Å². The Labute approximate surface area is 144 Å². The summed E-state index contributed by atoms with van der Waals surface area (Å²) >= 11 is 9.18. The van der Waals surface area contributed by atoms with E-state index >= 15 is 0 Å². The quantitative estimate of drug-likeness (QED) is 0.493. The number of carbonyl (C=O) groups is 1. The van der Waals surface area contributed by atoms with E-state index in [0.717, 1.165) is 10.0 Å². The highest BCUT2D eigenvalue weighted by Gasteiger charge is 2.15. The van der Waals surface area contributed by atoms with E-state index in [-0.39, 0.29) is 23.2 Å². The molecule has 8 heteroatoms. The zero-order valence-electron chi connectivity index (χ0n) is 11.6. The third-order valence-electron chi connectivity index (χ3n) is 2.86. The lowest BCUT2D eigenvalue weighted by Gasteiger charge is -2.02. The molecule has 1 aromatic carbocycles. The molecule has 0 unspecified atom stereocenters.